The van der Waals surface area contributed by atoms with Gasteiger partial charge in [0.05, 0.1) is 39.0 Å². The lowest BCUT2D eigenvalue weighted by molar-refractivity contribution is -0.0456. The van der Waals surface area contributed by atoms with E-state index in [9.17, 15) is 14.0 Å². The first-order valence-electron chi connectivity index (χ1n) is 9.94. The van der Waals surface area contributed by atoms with E-state index >= 15 is 0 Å². The SMILES string of the molecule is COC(=O)N1CC(ON=C2CN(c3ncc(-c4cccc(CONC(=O)O)c4F)cn3)C2)C1. The fourth-order valence-corrected chi connectivity index (χ4v) is 3.24. The van der Waals surface area contributed by atoms with Gasteiger partial charge in [-0.25, -0.2) is 23.9 Å². The Kier molecular flexibility index (Phi) is 6.49. The molecule has 0 atom stereocenters. The molecule has 2 aliphatic heterocycles. The highest BCUT2D eigenvalue weighted by Crippen LogP contribution is 2.26. The van der Waals surface area contributed by atoms with Crippen LogP contribution >= 0.6 is 0 Å². The van der Waals surface area contributed by atoms with Crippen LogP contribution in [-0.2, 0) is 21.0 Å². The number of carboxylic acid groups (broad SMARTS) is 1. The number of hydrogen-bond acceptors (Lipinski definition) is 9. The Morgan fingerprint density at radius 3 is 2.67 bits per heavy atom. The van der Waals surface area contributed by atoms with Crippen molar-refractivity contribution >= 4 is 23.8 Å². The number of carbonyl (C=O) groups excluding carboxylic acids is 1. The Morgan fingerprint density at radius 2 is 2.00 bits per heavy atom. The van der Waals surface area contributed by atoms with E-state index in [4.69, 9.17) is 14.8 Å². The van der Waals surface area contributed by atoms with Gasteiger partial charge in [-0.05, 0) is 0 Å². The van der Waals surface area contributed by atoms with Crippen molar-refractivity contribution in [1.82, 2.24) is 20.3 Å². The van der Waals surface area contributed by atoms with Gasteiger partial charge in [0.15, 0.2) is 6.10 Å². The number of aromatic nitrogens is 2. The van der Waals surface area contributed by atoms with Crippen LogP contribution < -0.4 is 10.4 Å². The molecule has 2 saturated heterocycles. The fourth-order valence-electron chi connectivity index (χ4n) is 3.24. The van der Waals surface area contributed by atoms with Crippen LogP contribution in [0.1, 0.15) is 5.56 Å². The fraction of sp³-hybridized carbons (Fsp3) is 0.350. The van der Waals surface area contributed by atoms with Crippen molar-refractivity contribution in [1.29, 1.82) is 0 Å². The minimum Gasteiger partial charge on any atom is -0.464 e. The van der Waals surface area contributed by atoms with E-state index in [0.29, 0.717) is 37.7 Å². The minimum absolute atomic E-state index is 0.142. The van der Waals surface area contributed by atoms with Gasteiger partial charge in [-0.1, -0.05) is 23.4 Å². The van der Waals surface area contributed by atoms with Crippen molar-refractivity contribution in [3.8, 4) is 11.1 Å². The van der Waals surface area contributed by atoms with Gasteiger partial charge in [0.1, 0.15) is 12.4 Å². The lowest BCUT2D eigenvalue weighted by atomic mass is 10.1. The molecule has 1 aromatic carbocycles. The topological polar surface area (TPSA) is 139 Å². The van der Waals surface area contributed by atoms with Gasteiger partial charge in [-0.3, -0.25) is 4.84 Å². The number of nitrogens with zero attached hydrogens (tertiary/aromatic N) is 5. The number of likely N-dealkylation sites (tertiary alicyclic amines) is 1. The molecule has 12 nitrogen and oxygen atoms in total. The molecule has 0 bridgehead atoms. The Bertz CT molecular complexity index is 1050. The molecule has 4 rings (SSSR count). The smallest absolute Gasteiger partial charge is 0.428 e. The number of anilines is 1. The largest absolute Gasteiger partial charge is 0.464 e. The molecular formula is C20H21FN6O6. The summed E-state index contributed by atoms with van der Waals surface area (Å²) in [5.74, 6) is -0.0675. The Hall–Kier alpha value is -4.00. The summed E-state index contributed by atoms with van der Waals surface area (Å²) < 4.78 is 19.4. The summed E-state index contributed by atoms with van der Waals surface area (Å²) in [5.41, 5.74) is 3.50. The highest BCUT2D eigenvalue weighted by atomic mass is 19.1. The number of amides is 2. The third-order valence-electron chi connectivity index (χ3n) is 5.06. The predicted molar refractivity (Wildman–Crippen MR) is 112 cm³/mol. The van der Waals surface area contributed by atoms with Crippen molar-refractivity contribution in [2.24, 2.45) is 5.16 Å². The van der Waals surface area contributed by atoms with Gasteiger partial charge in [-0.2, -0.15) is 5.48 Å². The number of rotatable bonds is 7. The average Bonchev–Trinajstić information content (AvgIpc) is 2.75. The van der Waals surface area contributed by atoms with E-state index < -0.39 is 11.9 Å². The molecule has 2 amide bonds. The zero-order valence-electron chi connectivity index (χ0n) is 17.6. The third kappa shape index (κ3) is 5.09. The maximum absolute atomic E-state index is 14.8. The number of carbonyl (C=O) groups is 2. The Balaban J connectivity index is 1.29. The van der Waals surface area contributed by atoms with Gasteiger partial charge in [0, 0.05) is 29.1 Å². The van der Waals surface area contributed by atoms with Crippen LogP contribution in [0, 0.1) is 5.82 Å². The first kappa shape index (κ1) is 22.2. The summed E-state index contributed by atoms with van der Waals surface area (Å²) in [5, 5.41) is 12.6. The van der Waals surface area contributed by atoms with E-state index in [-0.39, 0.29) is 29.9 Å². The lowest BCUT2D eigenvalue weighted by Gasteiger charge is -2.37. The van der Waals surface area contributed by atoms with E-state index in [1.54, 1.807) is 17.6 Å². The standard InChI is InChI=1S/C20H21FN6O6/c1-31-20(30)27-9-15(10-27)33-24-14-7-26(8-14)18-22-5-13(6-23-18)16-4-2-3-12(17(16)21)11-32-25-19(28)29/h2-6,15,25H,7-11H2,1H3,(H,28,29). The average molecular weight is 460 g/mol. The Labute approximate surface area is 187 Å². The molecule has 2 N–H and O–H groups in total. The van der Waals surface area contributed by atoms with Gasteiger partial charge < -0.3 is 24.5 Å². The quantitative estimate of drug-likeness (QED) is 0.590. The number of hydroxylamine groups is 1. The molecule has 0 radical (unpaired) electrons. The van der Waals surface area contributed by atoms with Crippen molar-refractivity contribution in [2.75, 3.05) is 38.2 Å². The van der Waals surface area contributed by atoms with Crippen LogP contribution in [0.5, 0.6) is 0 Å². The first-order valence-corrected chi connectivity index (χ1v) is 9.94. The van der Waals surface area contributed by atoms with Gasteiger partial charge in [0.25, 0.3) is 0 Å². The molecule has 0 unspecified atom stereocenters. The van der Waals surface area contributed by atoms with Crippen molar-refractivity contribution in [2.45, 2.75) is 12.7 Å². The Morgan fingerprint density at radius 1 is 1.27 bits per heavy atom. The highest BCUT2D eigenvalue weighted by molar-refractivity contribution is 5.98. The molecule has 3 heterocycles. The maximum Gasteiger partial charge on any atom is 0.428 e. The summed E-state index contributed by atoms with van der Waals surface area (Å²) >= 11 is 0. The van der Waals surface area contributed by atoms with E-state index in [0.717, 1.165) is 5.71 Å². The van der Waals surface area contributed by atoms with Crippen LogP contribution in [0.3, 0.4) is 0 Å². The van der Waals surface area contributed by atoms with Crippen LogP contribution in [0.25, 0.3) is 11.1 Å². The second kappa shape index (κ2) is 9.65. The van der Waals surface area contributed by atoms with Crippen molar-refractivity contribution < 1.29 is 33.5 Å². The summed E-state index contributed by atoms with van der Waals surface area (Å²) in [6.45, 7) is 1.63. The molecule has 174 valence electrons. The summed E-state index contributed by atoms with van der Waals surface area (Å²) in [6.07, 6.45) is 1.14. The molecule has 2 aliphatic rings. The molecule has 13 heteroatoms. The van der Waals surface area contributed by atoms with Crippen molar-refractivity contribution in [3.63, 3.8) is 0 Å². The van der Waals surface area contributed by atoms with Crippen LogP contribution in [0.4, 0.5) is 19.9 Å². The van der Waals surface area contributed by atoms with Crippen LogP contribution in [0.15, 0.2) is 35.7 Å². The number of nitrogens with one attached hydrogen (secondary N) is 1. The number of methoxy groups -OCH3 is 1. The molecule has 2 aromatic rings. The summed E-state index contributed by atoms with van der Waals surface area (Å²) in [4.78, 5) is 43.9. The summed E-state index contributed by atoms with van der Waals surface area (Å²) in [6, 6.07) is 4.71. The molecule has 0 aliphatic carbocycles. The van der Waals surface area contributed by atoms with Gasteiger partial charge >= 0.3 is 12.2 Å². The number of oxime groups is 1. The normalized spacial score (nSPS) is 15.4. The minimum atomic E-state index is -1.37. The van der Waals surface area contributed by atoms with E-state index in [1.165, 1.54) is 30.5 Å². The van der Waals surface area contributed by atoms with Crippen LogP contribution in [0.2, 0.25) is 0 Å². The van der Waals surface area contributed by atoms with Crippen LogP contribution in [-0.4, -0.2) is 77.3 Å². The number of halogens is 1. The molecule has 2 fully saturated rings. The zero-order valence-corrected chi connectivity index (χ0v) is 17.6. The van der Waals surface area contributed by atoms with Crippen molar-refractivity contribution in [3.05, 3.63) is 42.0 Å². The second-order valence-corrected chi connectivity index (χ2v) is 7.36. The molecule has 0 saturated carbocycles. The zero-order chi connectivity index (χ0) is 23.4. The van der Waals surface area contributed by atoms with E-state index in [2.05, 4.69) is 19.9 Å². The molecular weight excluding hydrogens is 439 g/mol. The number of hydrogen-bond donors (Lipinski definition) is 2. The first-order chi connectivity index (χ1) is 15.9. The monoisotopic (exact) mass is 460 g/mol. The lowest BCUT2D eigenvalue weighted by Crippen LogP contribution is -2.55. The van der Waals surface area contributed by atoms with Gasteiger partial charge in [-0.15, -0.1) is 0 Å². The predicted octanol–water partition coefficient (Wildman–Crippen LogP) is 1.63. The number of ether oxygens (including phenoxy) is 1. The summed E-state index contributed by atoms with van der Waals surface area (Å²) in [7, 11) is 1.33. The molecule has 1 aromatic heterocycles. The van der Waals surface area contributed by atoms with Gasteiger partial charge in [0.2, 0.25) is 5.95 Å². The van der Waals surface area contributed by atoms with E-state index in [1.807, 2.05) is 4.90 Å². The maximum atomic E-state index is 14.8. The second-order valence-electron chi connectivity index (χ2n) is 7.36. The molecule has 33 heavy (non-hydrogen) atoms. The number of benzene rings is 1. The highest BCUT2D eigenvalue weighted by Gasteiger charge is 2.34. The molecule has 0 spiro atoms. The third-order valence-corrected chi connectivity index (χ3v) is 5.06.